The second-order valence-electron chi connectivity index (χ2n) is 6.69. The third kappa shape index (κ3) is 5.99. The van der Waals surface area contributed by atoms with Crippen LogP contribution in [0.25, 0.3) is 0 Å². The number of nitrogens with one attached hydrogen (secondary N) is 2. The molecule has 0 fully saturated rings. The molecule has 0 spiro atoms. The van der Waals surface area contributed by atoms with Crippen LogP contribution in [0.1, 0.15) is 23.7 Å². The fourth-order valence-electron chi connectivity index (χ4n) is 2.74. The number of amides is 1. The molecular formula is C23H24N2O5S. The van der Waals surface area contributed by atoms with Gasteiger partial charge in [0.2, 0.25) is 0 Å². The van der Waals surface area contributed by atoms with Crippen molar-refractivity contribution in [2.24, 2.45) is 0 Å². The first-order valence-corrected chi connectivity index (χ1v) is 11.2. The van der Waals surface area contributed by atoms with E-state index in [-0.39, 0.29) is 10.8 Å². The number of sulfonamides is 1. The van der Waals surface area contributed by atoms with Gasteiger partial charge in [0.15, 0.2) is 0 Å². The Bertz CT molecular complexity index is 1130. The normalized spacial score (nSPS) is 10.9. The Morgan fingerprint density at radius 2 is 1.61 bits per heavy atom. The quantitative estimate of drug-likeness (QED) is 0.510. The molecule has 1 amide bonds. The fraction of sp³-hybridized carbons (Fsp3) is 0.174. The lowest BCUT2D eigenvalue weighted by Gasteiger charge is -2.11. The molecule has 0 aromatic heterocycles. The zero-order valence-corrected chi connectivity index (χ0v) is 18.1. The molecule has 0 bridgehead atoms. The molecule has 2 N–H and O–H groups in total. The van der Waals surface area contributed by atoms with Gasteiger partial charge in [-0.05, 0) is 67.1 Å². The summed E-state index contributed by atoms with van der Waals surface area (Å²) in [4.78, 5) is 12.5. The Hall–Kier alpha value is -3.52. The maximum atomic E-state index is 12.6. The van der Waals surface area contributed by atoms with E-state index in [4.69, 9.17) is 9.47 Å². The minimum atomic E-state index is -3.78. The van der Waals surface area contributed by atoms with Crippen molar-refractivity contribution < 1.29 is 22.7 Å². The van der Waals surface area contributed by atoms with Crippen LogP contribution >= 0.6 is 0 Å². The summed E-state index contributed by atoms with van der Waals surface area (Å²) in [5.74, 6) is 0.951. The van der Waals surface area contributed by atoms with Crippen LogP contribution in [-0.2, 0) is 10.0 Å². The van der Waals surface area contributed by atoms with E-state index in [9.17, 15) is 13.2 Å². The maximum absolute atomic E-state index is 12.6. The molecule has 162 valence electrons. The van der Waals surface area contributed by atoms with Crippen LogP contribution < -0.4 is 19.5 Å². The Labute approximate surface area is 182 Å². The number of ether oxygens (including phenoxy) is 2. The Balaban J connectivity index is 1.65. The highest BCUT2D eigenvalue weighted by atomic mass is 32.2. The predicted molar refractivity (Wildman–Crippen MR) is 120 cm³/mol. The van der Waals surface area contributed by atoms with Gasteiger partial charge in [-0.2, -0.15) is 0 Å². The van der Waals surface area contributed by atoms with E-state index in [1.54, 1.807) is 48.5 Å². The summed E-state index contributed by atoms with van der Waals surface area (Å²) in [5.41, 5.74) is 1.35. The van der Waals surface area contributed by atoms with Crippen LogP contribution in [0.15, 0.2) is 77.7 Å². The standard InChI is InChI=1S/C23H24N2O5S/c1-3-15-30-20-11-7-17(8-12-20)23(26)24-18-9-13-22(14-10-18)31(27,28)25-19-5-4-6-21(16-19)29-2/h4-14,16,25H,3,15H2,1-2H3,(H,24,26). The molecule has 0 atom stereocenters. The molecule has 0 saturated carbocycles. The second kappa shape index (κ2) is 9.99. The zero-order valence-electron chi connectivity index (χ0n) is 17.3. The maximum Gasteiger partial charge on any atom is 0.261 e. The largest absolute Gasteiger partial charge is 0.497 e. The summed E-state index contributed by atoms with van der Waals surface area (Å²) in [5, 5.41) is 2.75. The lowest BCUT2D eigenvalue weighted by atomic mass is 10.2. The number of hydrogen-bond donors (Lipinski definition) is 2. The summed E-state index contributed by atoms with van der Waals surface area (Å²) >= 11 is 0. The minimum absolute atomic E-state index is 0.0748. The summed E-state index contributed by atoms with van der Waals surface area (Å²) in [6.45, 7) is 2.64. The monoisotopic (exact) mass is 440 g/mol. The summed E-state index contributed by atoms with van der Waals surface area (Å²) in [7, 11) is -2.27. The van der Waals surface area contributed by atoms with E-state index < -0.39 is 10.0 Å². The molecule has 8 heteroatoms. The molecule has 3 aromatic carbocycles. The molecule has 3 rings (SSSR count). The first kappa shape index (κ1) is 22.2. The molecule has 3 aromatic rings. The lowest BCUT2D eigenvalue weighted by Crippen LogP contribution is -2.14. The number of rotatable bonds is 9. The number of hydrogen-bond acceptors (Lipinski definition) is 5. The average molecular weight is 441 g/mol. The lowest BCUT2D eigenvalue weighted by molar-refractivity contribution is 0.102. The topological polar surface area (TPSA) is 93.7 Å². The third-order valence-electron chi connectivity index (χ3n) is 4.33. The van der Waals surface area contributed by atoms with E-state index >= 15 is 0 Å². The number of anilines is 2. The highest BCUT2D eigenvalue weighted by Gasteiger charge is 2.15. The van der Waals surface area contributed by atoms with Gasteiger partial charge in [0.05, 0.1) is 24.3 Å². The summed E-state index contributed by atoms with van der Waals surface area (Å²) in [6, 6.07) is 19.4. The highest BCUT2D eigenvalue weighted by molar-refractivity contribution is 7.92. The van der Waals surface area contributed by atoms with Gasteiger partial charge in [-0.3, -0.25) is 9.52 Å². The van der Waals surface area contributed by atoms with Crippen LogP contribution in [0.4, 0.5) is 11.4 Å². The zero-order chi connectivity index (χ0) is 22.3. The van der Waals surface area contributed by atoms with E-state index in [2.05, 4.69) is 10.0 Å². The molecule has 0 saturated heterocycles. The van der Waals surface area contributed by atoms with Crippen molar-refractivity contribution >= 4 is 27.3 Å². The Morgan fingerprint density at radius 1 is 0.903 bits per heavy atom. The molecule has 0 radical (unpaired) electrons. The molecule has 0 unspecified atom stereocenters. The number of carbonyl (C=O) groups is 1. The first-order chi connectivity index (χ1) is 14.9. The van der Waals surface area contributed by atoms with Crippen LogP contribution in [0.5, 0.6) is 11.5 Å². The molecule has 7 nitrogen and oxygen atoms in total. The van der Waals surface area contributed by atoms with Crippen molar-refractivity contribution in [1.29, 1.82) is 0 Å². The van der Waals surface area contributed by atoms with Crippen LogP contribution in [0.2, 0.25) is 0 Å². The Morgan fingerprint density at radius 3 is 2.26 bits per heavy atom. The number of carbonyl (C=O) groups excluding carboxylic acids is 1. The fourth-order valence-corrected chi connectivity index (χ4v) is 3.79. The third-order valence-corrected chi connectivity index (χ3v) is 5.73. The predicted octanol–water partition coefficient (Wildman–Crippen LogP) is 4.54. The molecule has 0 aliphatic carbocycles. The molecular weight excluding hydrogens is 416 g/mol. The van der Waals surface area contributed by atoms with Gasteiger partial charge >= 0.3 is 0 Å². The summed E-state index contributed by atoms with van der Waals surface area (Å²) < 4.78 is 38.3. The molecule has 0 aliphatic heterocycles. The van der Waals surface area contributed by atoms with Crippen molar-refractivity contribution in [2.75, 3.05) is 23.8 Å². The van der Waals surface area contributed by atoms with Gasteiger partial charge in [0, 0.05) is 17.3 Å². The van der Waals surface area contributed by atoms with Crippen molar-refractivity contribution in [1.82, 2.24) is 0 Å². The van der Waals surface area contributed by atoms with Crippen molar-refractivity contribution in [2.45, 2.75) is 18.2 Å². The van der Waals surface area contributed by atoms with E-state index in [0.29, 0.717) is 35.0 Å². The van der Waals surface area contributed by atoms with E-state index in [1.807, 2.05) is 6.92 Å². The van der Waals surface area contributed by atoms with Crippen molar-refractivity contribution in [3.05, 3.63) is 78.4 Å². The molecule has 31 heavy (non-hydrogen) atoms. The van der Waals surface area contributed by atoms with Gasteiger partial charge in [0.1, 0.15) is 11.5 Å². The van der Waals surface area contributed by atoms with Crippen molar-refractivity contribution in [3.8, 4) is 11.5 Å². The van der Waals surface area contributed by atoms with Gasteiger partial charge in [0.25, 0.3) is 15.9 Å². The second-order valence-corrected chi connectivity index (χ2v) is 8.37. The van der Waals surface area contributed by atoms with Crippen LogP contribution in [-0.4, -0.2) is 28.0 Å². The SMILES string of the molecule is CCCOc1ccc(C(=O)Nc2ccc(S(=O)(=O)Nc3cccc(OC)c3)cc2)cc1. The molecule has 0 aliphatic rings. The van der Waals surface area contributed by atoms with Gasteiger partial charge in [-0.15, -0.1) is 0 Å². The first-order valence-electron chi connectivity index (χ1n) is 9.72. The number of benzene rings is 3. The average Bonchev–Trinajstić information content (AvgIpc) is 2.78. The van der Waals surface area contributed by atoms with Gasteiger partial charge in [-0.25, -0.2) is 8.42 Å². The molecule has 0 heterocycles. The smallest absolute Gasteiger partial charge is 0.261 e. The van der Waals surface area contributed by atoms with Crippen molar-refractivity contribution in [3.63, 3.8) is 0 Å². The Kier molecular flexibility index (Phi) is 7.15. The van der Waals surface area contributed by atoms with Gasteiger partial charge in [-0.1, -0.05) is 13.0 Å². The highest BCUT2D eigenvalue weighted by Crippen LogP contribution is 2.22. The number of methoxy groups -OCH3 is 1. The van der Waals surface area contributed by atoms with Gasteiger partial charge < -0.3 is 14.8 Å². The van der Waals surface area contributed by atoms with E-state index in [0.717, 1.165) is 6.42 Å². The van der Waals surface area contributed by atoms with E-state index in [1.165, 1.54) is 31.4 Å². The summed E-state index contributed by atoms with van der Waals surface area (Å²) in [6.07, 6.45) is 0.906. The van der Waals surface area contributed by atoms with Crippen LogP contribution in [0, 0.1) is 0 Å². The minimum Gasteiger partial charge on any atom is -0.497 e. The van der Waals surface area contributed by atoms with Crippen LogP contribution in [0.3, 0.4) is 0 Å².